The zero-order chi connectivity index (χ0) is 15.0. The minimum atomic E-state index is -0.857. The average molecular weight is 299 g/mol. The van der Waals surface area contributed by atoms with Crippen LogP contribution in [0.15, 0.2) is 29.2 Å². The van der Waals surface area contributed by atoms with Crippen LogP contribution in [-0.2, 0) is 4.79 Å². The van der Waals surface area contributed by atoms with E-state index in [1.165, 1.54) is 17.8 Å². The monoisotopic (exact) mass is 299 g/mol. The molecule has 0 aliphatic heterocycles. The van der Waals surface area contributed by atoms with Crippen molar-refractivity contribution >= 4 is 17.7 Å². The van der Waals surface area contributed by atoms with Crippen molar-refractivity contribution in [2.45, 2.75) is 43.5 Å². The van der Waals surface area contributed by atoms with Gasteiger partial charge < -0.3 is 10.4 Å². The Morgan fingerprint density at radius 2 is 2.10 bits per heavy atom. The maximum Gasteiger partial charge on any atom is 0.323 e. The number of halogens is 1. The second-order valence-electron chi connectivity index (χ2n) is 4.65. The Hall–Kier alpha value is -1.07. The van der Waals surface area contributed by atoms with E-state index in [1.807, 2.05) is 13.8 Å². The molecule has 0 heterocycles. The van der Waals surface area contributed by atoms with Crippen LogP contribution in [-0.4, -0.2) is 28.9 Å². The van der Waals surface area contributed by atoms with Crippen molar-refractivity contribution < 1.29 is 14.3 Å². The van der Waals surface area contributed by atoms with Crippen molar-refractivity contribution in [1.29, 1.82) is 0 Å². The Morgan fingerprint density at radius 1 is 1.40 bits per heavy atom. The summed E-state index contributed by atoms with van der Waals surface area (Å²) in [5.74, 6) is -0.316. The Balaban J connectivity index is 2.49. The second kappa shape index (κ2) is 8.27. The van der Waals surface area contributed by atoms with Gasteiger partial charge in [0.2, 0.25) is 0 Å². The van der Waals surface area contributed by atoms with Crippen LogP contribution >= 0.6 is 11.8 Å². The highest BCUT2D eigenvalue weighted by atomic mass is 32.2. The molecule has 0 aliphatic carbocycles. The molecule has 2 N–H and O–H groups in total. The molecule has 3 nitrogen and oxygen atoms in total. The smallest absolute Gasteiger partial charge is 0.323 e. The van der Waals surface area contributed by atoms with Gasteiger partial charge in [0, 0.05) is 4.90 Å². The van der Waals surface area contributed by atoms with Gasteiger partial charge >= 0.3 is 5.97 Å². The molecule has 0 saturated carbocycles. The van der Waals surface area contributed by atoms with Crippen molar-refractivity contribution in [3.63, 3.8) is 0 Å². The SMILES string of the molecule is CCNC(CC)(CCCSc1ccccc1F)C(=O)O. The molecule has 0 radical (unpaired) electrons. The van der Waals surface area contributed by atoms with Crippen molar-refractivity contribution in [2.75, 3.05) is 12.3 Å². The third-order valence-electron chi connectivity index (χ3n) is 3.37. The molecular weight excluding hydrogens is 277 g/mol. The summed E-state index contributed by atoms with van der Waals surface area (Å²) >= 11 is 1.43. The number of benzene rings is 1. The van der Waals surface area contributed by atoms with Crippen LogP contribution < -0.4 is 5.32 Å². The van der Waals surface area contributed by atoms with Crippen LogP contribution in [0.5, 0.6) is 0 Å². The van der Waals surface area contributed by atoms with Gasteiger partial charge in [-0.05, 0) is 43.7 Å². The molecule has 1 atom stereocenters. The highest BCUT2D eigenvalue weighted by molar-refractivity contribution is 7.99. The van der Waals surface area contributed by atoms with E-state index in [1.54, 1.807) is 18.2 Å². The maximum atomic E-state index is 13.4. The first-order chi connectivity index (χ1) is 9.55. The lowest BCUT2D eigenvalue weighted by molar-refractivity contribution is -0.145. The summed E-state index contributed by atoms with van der Waals surface area (Å²) in [5.41, 5.74) is -0.857. The third-order valence-corrected chi connectivity index (χ3v) is 4.51. The molecule has 0 bridgehead atoms. The van der Waals surface area contributed by atoms with Crippen LogP contribution in [0, 0.1) is 5.82 Å². The van der Waals surface area contributed by atoms with Gasteiger partial charge in [0.15, 0.2) is 0 Å². The van der Waals surface area contributed by atoms with E-state index in [-0.39, 0.29) is 5.82 Å². The van der Waals surface area contributed by atoms with Gasteiger partial charge in [-0.2, -0.15) is 0 Å². The average Bonchev–Trinajstić information content (AvgIpc) is 2.43. The molecule has 1 aromatic rings. The van der Waals surface area contributed by atoms with Gasteiger partial charge in [0.1, 0.15) is 11.4 Å². The Morgan fingerprint density at radius 3 is 2.65 bits per heavy atom. The summed E-state index contributed by atoms with van der Waals surface area (Å²) in [7, 11) is 0. The van der Waals surface area contributed by atoms with Gasteiger partial charge in [-0.1, -0.05) is 26.0 Å². The first-order valence-electron chi connectivity index (χ1n) is 6.91. The number of aliphatic carboxylic acids is 1. The highest BCUT2D eigenvalue weighted by Crippen LogP contribution is 2.25. The van der Waals surface area contributed by atoms with Gasteiger partial charge in [0.25, 0.3) is 0 Å². The van der Waals surface area contributed by atoms with Gasteiger partial charge in [-0.25, -0.2) is 4.39 Å². The Bertz CT molecular complexity index is 442. The summed E-state index contributed by atoms with van der Waals surface area (Å²) in [6.45, 7) is 4.41. The number of rotatable bonds is 9. The van der Waals surface area contributed by atoms with Crippen molar-refractivity contribution in [3.05, 3.63) is 30.1 Å². The minimum Gasteiger partial charge on any atom is -0.480 e. The highest BCUT2D eigenvalue weighted by Gasteiger charge is 2.34. The van der Waals surface area contributed by atoms with Crippen molar-refractivity contribution in [3.8, 4) is 0 Å². The second-order valence-corrected chi connectivity index (χ2v) is 5.79. The molecule has 0 saturated heterocycles. The zero-order valence-corrected chi connectivity index (χ0v) is 12.8. The van der Waals surface area contributed by atoms with Crippen LogP contribution in [0.2, 0.25) is 0 Å². The first-order valence-corrected chi connectivity index (χ1v) is 7.90. The molecule has 0 spiro atoms. The van der Waals surface area contributed by atoms with Crippen molar-refractivity contribution in [1.82, 2.24) is 5.32 Å². The van der Waals surface area contributed by atoms with E-state index in [0.29, 0.717) is 30.0 Å². The molecule has 0 amide bonds. The number of hydrogen-bond donors (Lipinski definition) is 2. The normalized spacial score (nSPS) is 13.9. The van der Waals surface area contributed by atoms with Crippen LogP contribution in [0.1, 0.15) is 33.1 Å². The van der Waals surface area contributed by atoms with Gasteiger partial charge in [-0.15, -0.1) is 11.8 Å². The van der Waals surface area contributed by atoms with E-state index in [0.717, 1.165) is 6.42 Å². The summed E-state index contributed by atoms with van der Waals surface area (Å²) in [6, 6.07) is 6.65. The van der Waals surface area contributed by atoms with Crippen molar-refractivity contribution in [2.24, 2.45) is 0 Å². The predicted molar refractivity (Wildman–Crippen MR) is 80.7 cm³/mol. The predicted octanol–water partition coefficient (Wildman–Crippen LogP) is 3.54. The number of thioether (sulfide) groups is 1. The summed E-state index contributed by atoms with van der Waals surface area (Å²) in [6.07, 6.45) is 1.82. The molecule has 0 fully saturated rings. The third kappa shape index (κ3) is 4.49. The maximum absolute atomic E-state index is 13.4. The summed E-state index contributed by atoms with van der Waals surface area (Å²) in [4.78, 5) is 12.1. The summed E-state index contributed by atoms with van der Waals surface area (Å²) < 4.78 is 13.4. The lowest BCUT2D eigenvalue weighted by atomic mass is 9.91. The van der Waals surface area contributed by atoms with Crippen LogP contribution in [0.25, 0.3) is 0 Å². The number of hydrogen-bond acceptors (Lipinski definition) is 3. The molecule has 112 valence electrons. The zero-order valence-electron chi connectivity index (χ0n) is 12.0. The Kier molecular flexibility index (Phi) is 7.02. The standard InChI is InChI=1S/C15H22FNO2S/c1-3-15(14(18)19,17-4-2)10-7-11-20-13-9-6-5-8-12(13)16/h5-6,8-9,17H,3-4,7,10-11H2,1-2H3,(H,18,19). The number of likely N-dealkylation sites (N-methyl/N-ethyl adjacent to an activating group) is 1. The van der Waals surface area contributed by atoms with E-state index in [2.05, 4.69) is 5.32 Å². The molecule has 1 aromatic carbocycles. The minimum absolute atomic E-state index is 0.218. The van der Waals surface area contributed by atoms with Crippen LogP contribution in [0.4, 0.5) is 4.39 Å². The topological polar surface area (TPSA) is 49.3 Å². The number of carboxylic acid groups (broad SMARTS) is 1. The van der Waals surface area contributed by atoms with E-state index < -0.39 is 11.5 Å². The van der Waals surface area contributed by atoms with E-state index >= 15 is 0 Å². The first kappa shape index (κ1) is 17.0. The number of nitrogens with one attached hydrogen (secondary N) is 1. The van der Waals surface area contributed by atoms with Crippen LogP contribution in [0.3, 0.4) is 0 Å². The lowest BCUT2D eigenvalue weighted by Gasteiger charge is -2.29. The number of carbonyl (C=O) groups is 1. The fraction of sp³-hybridized carbons (Fsp3) is 0.533. The molecule has 20 heavy (non-hydrogen) atoms. The van der Waals surface area contributed by atoms with Gasteiger partial charge in [0.05, 0.1) is 0 Å². The lowest BCUT2D eigenvalue weighted by Crippen LogP contribution is -2.51. The Labute approximate surface area is 124 Å². The van der Waals surface area contributed by atoms with Gasteiger partial charge in [-0.3, -0.25) is 4.79 Å². The quantitative estimate of drug-likeness (QED) is 0.541. The molecule has 1 rings (SSSR count). The molecule has 0 aromatic heterocycles. The van der Waals surface area contributed by atoms with E-state index in [9.17, 15) is 14.3 Å². The van der Waals surface area contributed by atoms with E-state index in [4.69, 9.17) is 0 Å². The molecule has 0 aliphatic rings. The largest absolute Gasteiger partial charge is 0.480 e. The molecular formula is C15H22FNO2S. The fourth-order valence-corrected chi connectivity index (χ4v) is 3.07. The molecule has 1 unspecified atom stereocenters. The molecule has 5 heteroatoms. The summed E-state index contributed by atoms with van der Waals surface area (Å²) in [5, 5.41) is 12.5. The number of carboxylic acids is 1. The fourth-order valence-electron chi connectivity index (χ4n) is 2.18.